The summed E-state index contributed by atoms with van der Waals surface area (Å²) in [7, 11) is 0. The predicted molar refractivity (Wildman–Crippen MR) is 73.2 cm³/mol. The van der Waals surface area contributed by atoms with Crippen LogP contribution in [0.3, 0.4) is 0 Å². The molecular weight excluding hydrogens is 258 g/mol. The third kappa shape index (κ3) is 2.20. The first-order valence-electron chi connectivity index (χ1n) is 7.48. The van der Waals surface area contributed by atoms with Crippen molar-refractivity contribution in [1.82, 2.24) is 15.1 Å². The fourth-order valence-electron chi connectivity index (χ4n) is 3.52. The third-order valence-corrected chi connectivity index (χ3v) is 4.60. The first-order valence-corrected chi connectivity index (χ1v) is 7.48. The minimum atomic E-state index is -0.680. The van der Waals surface area contributed by atoms with E-state index in [1.54, 1.807) is 0 Å². The molecule has 6 heteroatoms. The SMILES string of the molecule is CC(C)N1C(=O)N[C@@]2(CCN(C[C@@H]3CCOC3)C2)C1=O. The molecule has 0 aromatic rings. The highest BCUT2D eigenvalue weighted by Crippen LogP contribution is 2.30. The number of urea groups is 1. The van der Waals surface area contributed by atoms with Crippen LogP contribution in [0.2, 0.25) is 0 Å². The number of amides is 3. The average Bonchev–Trinajstić information content (AvgIpc) is 3.04. The summed E-state index contributed by atoms with van der Waals surface area (Å²) >= 11 is 0. The third-order valence-electron chi connectivity index (χ3n) is 4.60. The van der Waals surface area contributed by atoms with Crippen LogP contribution >= 0.6 is 0 Å². The van der Waals surface area contributed by atoms with E-state index in [0.29, 0.717) is 18.9 Å². The molecule has 6 nitrogen and oxygen atoms in total. The summed E-state index contributed by atoms with van der Waals surface area (Å²) in [6.45, 7) is 7.89. The number of carbonyl (C=O) groups is 2. The molecule has 2 atom stereocenters. The maximum absolute atomic E-state index is 12.6. The number of hydrogen-bond acceptors (Lipinski definition) is 4. The van der Waals surface area contributed by atoms with E-state index >= 15 is 0 Å². The van der Waals surface area contributed by atoms with Crippen molar-refractivity contribution in [2.45, 2.75) is 38.3 Å². The van der Waals surface area contributed by atoms with Crippen molar-refractivity contribution in [3.8, 4) is 0 Å². The van der Waals surface area contributed by atoms with Crippen LogP contribution in [0.25, 0.3) is 0 Å². The Kier molecular flexibility index (Phi) is 3.46. The molecule has 3 rings (SSSR count). The Bertz CT molecular complexity index is 420. The first kappa shape index (κ1) is 13.8. The Hall–Kier alpha value is -1.14. The summed E-state index contributed by atoms with van der Waals surface area (Å²) in [6, 6.07) is -0.324. The van der Waals surface area contributed by atoms with E-state index in [9.17, 15) is 9.59 Å². The lowest BCUT2D eigenvalue weighted by molar-refractivity contribution is -0.132. The van der Waals surface area contributed by atoms with Crippen LogP contribution in [0.15, 0.2) is 0 Å². The van der Waals surface area contributed by atoms with Crippen LogP contribution in [0, 0.1) is 5.92 Å². The molecule has 0 saturated carbocycles. The lowest BCUT2D eigenvalue weighted by Crippen LogP contribution is -2.50. The van der Waals surface area contributed by atoms with E-state index in [4.69, 9.17) is 4.74 Å². The van der Waals surface area contributed by atoms with Gasteiger partial charge >= 0.3 is 6.03 Å². The van der Waals surface area contributed by atoms with E-state index in [0.717, 1.165) is 32.7 Å². The maximum atomic E-state index is 12.6. The van der Waals surface area contributed by atoms with Crippen LogP contribution in [0.5, 0.6) is 0 Å². The molecule has 3 heterocycles. The van der Waals surface area contributed by atoms with E-state index in [-0.39, 0.29) is 18.0 Å². The maximum Gasteiger partial charge on any atom is 0.325 e. The van der Waals surface area contributed by atoms with Crippen molar-refractivity contribution in [3.05, 3.63) is 0 Å². The lowest BCUT2D eigenvalue weighted by atomic mass is 9.98. The zero-order valence-corrected chi connectivity index (χ0v) is 12.2. The van der Waals surface area contributed by atoms with Gasteiger partial charge in [-0.15, -0.1) is 0 Å². The summed E-state index contributed by atoms with van der Waals surface area (Å²) in [5, 5.41) is 2.93. The second kappa shape index (κ2) is 5.00. The molecule has 3 fully saturated rings. The van der Waals surface area contributed by atoms with Gasteiger partial charge in [-0.2, -0.15) is 0 Å². The molecule has 0 aromatic carbocycles. The molecule has 112 valence electrons. The lowest BCUT2D eigenvalue weighted by Gasteiger charge is -2.24. The van der Waals surface area contributed by atoms with E-state index in [1.807, 2.05) is 13.8 Å². The Morgan fingerprint density at radius 2 is 2.25 bits per heavy atom. The van der Waals surface area contributed by atoms with Gasteiger partial charge in [-0.05, 0) is 32.6 Å². The van der Waals surface area contributed by atoms with Crippen molar-refractivity contribution in [1.29, 1.82) is 0 Å². The van der Waals surface area contributed by atoms with Crippen LogP contribution in [0.1, 0.15) is 26.7 Å². The molecular formula is C14H23N3O3. The number of imide groups is 1. The molecule has 3 amide bonds. The fourth-order valence-corrected chi connectivity index (χ4v) is 3.52. The van der Waals surface area contributed by atoms with Gasteiger partial charge < -0.3 is 10.1 Å². The fraction of sp³-hybridized carbons (Fsp3) is 0.857. The largest absolute Gasteiger partial charge is 0.381 e. The van der Waals surface area contributed by atoms with Gasteiger partial charge in [0.1, 0.15) is 5.54 Å². The van der Waals surface area contributed by atoms with Gasteiger partial charge in [-0.1, -0.05) is 0 Å². The van der Waals surface area contributed by atoms with E-state index in [1.165, 1.54) is 4.90 Å². The zero-order valence-electron chi connectivity index (χ0n) is 12.2. The van der Waals surface area contributed by atoms with E-state index < -0.39 is 5.54 Å². The summed E-state index contributed by atoms with van der Waals surface area (Å²) in [5.74, 6) is 0.515. The van der Waals surface area contributed by atoms with Gasteiger partial charge in [0.15, 0.2) is 0 Å². The first-order chi connectivity index (χ1) is 9.52. The Balaban J connectivity index is 1.66. The molecule has 0 radical (unpaired) electrons. The average molecular weight is 281 g/mol. The molecule has 1 N–H and O–H groups in total. The number of nitrogens with one attached hydrogen (secondary N) is 1. The number of likely N-dealkylation sites (tertiary alicyclic amines) is 1. The molecule has 20 heavy (non-hydrogen) atoms. The Morgan fingerprint density at radius 3 is 2.85 bits per heavy atom. The molecule has 0 unspecified atom stereocenters. The van der Waals surface area contributed by atoms with Gasteiger partial charge in [0.2, 0.25) is 0 Å². The molecule has 3 saturated heterocycles. The zero-order chi connectivity index (χ0) is 14.3. The minimum Gasteiger partial charge on any atom is -0.381 e. The van der Waals surface area contributed by atoms with Gasteiger partial charge in [-0.25, -0.2) is 4.79 Å². The van der Waals surface area contributed by atoms with Crippen LogP contribution in [-0.2, 0) is 9.53 Å². The molecule has 1 spiro atoms. The smallest absolute Gasteiger partial charge is 0.325 e. The van der Waals surface area contributed by atoms with Crippen molar-refractivity contribution >= 4 is 11.9 Å². The topological polar surface area (TPSA) is 61.9 Å². The number of hydrogen-bond donors (Lipinski definition) is 1. The summed E-state index contributed by atoms with van der Waals surface area (Å²) in [6.07, 6.45) is 1.82. The summed E-state index contributed by atoms with van der Waals surface area (Å²) in [4.78, 5) is 28.2. The van der Waals surface area contributed by atoms with E-state index in [2.05, 4.69) is 10.2 Å². The summed E-state index contributed by atoms with van der Waals surface area (Å²) in [5.41, 5.74) is -0.680. The van der Waals surface area contributed by atoms with Crippen molar-refractivity contribution in [2.75, 3.05) is 32.8 Å². The quantitative estimate of drug-likeness (QED) is 0.762. The highest BCUT2D eigenvalue weighted by Gasteiger charge is 2.55. The molecule has 3 aliphatic rings. The number of ether oxygens (including phenoxy) is 1. The van der Waals surface area contributed by atoms with Gasteiger partial charge in [0, 0.05) is 32.3 Å². The van der Waals surface area contributed by atoms with Crippen molar-refractivity contribution < 1.29 is 14.3 Å². The van der Waals surface area contributed by atoms with Gasteiger partial charge in [-0.3, -0.25) is 14.6 Å². The van der Waals surface area contributed by atoms with Gasteiger partial charge in [0.25, 0.3) is 5.91 Å². The van der Waals surface area contributed by atoms with Crippen LogP contribution in [0.4, 0.5) is 4.79 Å². The highest BCUT2D eigenvalue weighted by atomic mass is 16.5. The van der Waals surface area contributed by atoms with Crippen molar-refractivity contribution in [2.24, 2.45) is 5.92 Å². The Labute approximate surface area is 119 Å². The molecule has 0 aliphatic carbocycles. The molecule has 0 bridgehead atoms. The highest BCUT2D eigenvalue weighted by molar-refractivity contribution is 6.07. The van der Waals surface area contributed by atoms with Crippen LogP contribution in [-0.4, -0.2) is 66.2 Å². The second-order valence-corrected chi connectivity index (χ2v) is 6.50. The minimum absolute atomic E-state index is 0.0531. The standard InChI is InChI=1S/C14H23N3O3/c1-10(2)17-12(18)14(15-13(17)19)4-5-16(9-14)7-11-3-6-20-8-11/h10-11H,3-9H2,1-2H3,(H,15,19)/t11-,14+/m0/s1. The van der Waals surface area contributed by atoms with Crippen molar-refractivity contribution in [3.63, 3.8) is 0 Å². The molecule has 3 aliphatic heterocycles. The second-order valence-electron chi connectivity index (χ2n) is 6.50. The van der Waals surface area contributed by atoms with Crippen LogP contribution < -0.4 is 5.32 Å². The number of nitrogens with zero attached hydrogens (tertiary/aromatic N) is 2. The molecule has 0 aromatic heterocycles. The summed E-state index contributed by atoms with van der Waals surface area (Å²) < 4.78 is 5.40. The normalized spacial score (nSPS) is 34.8. The Morgan fingerprint density at radius 1 is 1.45 bits per heavy atom. The number of rotatable bonds is 3. The number of carbonyl (C=O) groups excluding carboxylic acids is 2. The monoisotopic (exact) mass is 281 g/mol. The predicted octanol–water partition coefficient (Wildman–Crippen LogP) is 0.428. The van der Waals surface area contributed by atoms with Gasteiger partial charge in [0.05, 0.1) is 6.61 Å².